The van der Waals surface area contributed by atoms with E-state index in [2.05, 4.69) is 9.97 Å². The minimum atomic E-state index is -0.943. The van der Waals surface area contributed by atoms with Crippen LogP contribution in [0.2, 0.25) is 0 Å². The fourth-order valence-electron chi connectivity index (χ4n) is 1.34. The molecule has 0 aliphatic rings. The Bertz CT molecular complexity index is 428. The molecule has 0 bridgehead atoms. The third kappa shape index (κ3) is 3.08. The molecule has 88 valence electrons. The van der Waals surface area contributed by atoms with Crippen LogP contribution >= 0.6 is 0 Å². The molecule has 2 N–H and O–H groups in total. The van der Waals surface area contributed by atoms with Crippen molar-refractivity contribution < 1.29 is 9.90 Å². The number of H-pyrrole nitrogens is 1. The lowest BCUT2D eigenvalue weighted by Crippen LogP contribution is -2.31. The van der Waals surface area contributed by atoms with Crippen LogP contribution in [0.15, 0.2) is 10.9 Å². The molecule has 0 aliphatic heterocycles. The van der Waals surface area contributed by atoms with Crippen LogP contribution in [0.5, 0.6) is 0 Å². The van der Waals surface area contributed by atoms with Crippen LogP contribution in [0.4, 0.5) is 5.82 Å². The van der Waals surface area contributed by atoms with Gasteiger partial charge in [0, 0.05) is 19.0 Å². The molecule has 0 spiro atoms. The van der Waals surface area contributed by atoms with Crippen LogP contribution in [0, 0.1) is 0 Å². The summed E-state index contributed by atoms with van der Waals surface area (Å²) in [6, 6.07) is 1.31. The number of aliphatic carboxylic acids is 1. The zero-order valence-corrected chi connectivity index (χ0v) is 9.36. The fraction of sp³-hybridized carbons (Fsp3) is 0.500. The second-order valence-corrected chi connectivity index (χ2v) is 3.31. The molecule has 6 heteroatoms. The number of nitrogens with zero attached hydrogens (tertiary/aromatic N) is 2. The summed E-state index contributed by atoms with van der Waals surface area (Å²) in [6.07, 6.45) is 0.605. The van der Waals surface area contributed by atoms with Gasteiger partial charge in [0.25, 0.3) is 5.56 Å². The molecule has 0 saturated heterocycles. The predicted molar refractivity (Wildman–Crippen MR) is 59.8 cm³/mol. The minimum Gasteiger partial charge on any atom is -0.480 e. The average Bonchev–Trinajstić information content (AvgIpc) is 2.24. The first kappa shape index (κ1) is 12.2. The molecule has 0 fully saturated rings. The monoisotopic (exact) mass is 225 g/mol. The Labute approximate surface area is 92.9 Å². The van der Waals surface area contributed by atoms with Crippen molar-refractivity contribution in [3.8, 4) is 0 Å². The van der Waals surface area contributed by atoms with E-state index < -0.39 is 5.97 Å². The Kier molecular flexibility index (Phi) is 4.04. The molecule has 1 aromatic heterocycles. The van der Waals surface area contributed by atoms with Crippen LogP contribution in [-0.2, 0) is 11.2 Å². The highest BCUT2D eigenvalue weighted by Gasteiger charge is 2.11. The molecule has 1 rings (SSSR count). The molecule has 1 heterocycles. The highest BCUT2D eigenvalue weighted by Crippen LogP contribution is 2.07. The van der Waals surface area contributed by atoms with Crippen molar-refractivity contribution in [1.82, 2.24) is 9.97 Å². The second kappa shape index (κ2) is 5.29. The smallest absolute Gasteiger partial charge is 0.323 e. The number of carbonyl (C=O) groups is 1. The standard InChI is InChI=1S/C10H15N3O3/c1-3-7-11-8(5-9(14)12-7)13(4-2)6-10(15)16/h5H,3-4,6H2,1-2H3,(H,15,16)(H,11,12,14). The summed E-state index contributed by atoms with van der Waals surface area (Å²) < 4.78 is 0. The lowest BCUT2D eigenvalue weighted by molar-refractivity contribution is -0.135. The maximum atomic E-state index is 11.3. The number of aryl methyl sites for hydroxylation is 1. The Balaban J connectivity index is 3.04. The van der Waals surface area contributed by atoms with Crippen LogP contribution < -0.4 is 10.5 Å². The zero-order valence-electron chi connectivity index (χ0n) is 9.36. The SMILES string of the molecule is CCc1nc(N(CC)CC(=O)O)cc(=O)[nH]1. The van der Waals surface area contributed by atoms with Crippen LogP contribution in [-0.4, -0.2) is 34.1 Å². The molecule has 6 nitrogen and oxygen atoms in total. The third-order valence-corrected chi connectivity index (χ3v) is 2.14. The van der Waals surface area contributed by atoms with Gasteiger partial charge in [-0.15, -0.1) is 0 Å². The van der Waals surface area contributed by atoms with Crippen molar-refractivity contribution in [3.05, 3.63) is 22.2 Å². The van der Waals surface area contributed by atoms with E-state index in [0.717, 1.165) is 0 Å². The van der Waals surface area contributed by atoms with Gasteiger partial charge in [-0.25, -0.2) is 4.98 Å². The molecule has 1 aromatic rings. The maximum absolute atomic E-state index is 11.3. The molecule has 0 aliphatic carbocycles. The van der Waals surface area contributed by atoms with E-state index in [1.165, 1.54) is 11.0 Å². The first-order valence-electron chi connectivity index (χ1n) is 5.13. The molecule has 0 aromatic carbocycles. The number of nitrogens with one attached hydrogen (secondary N) is 1. The number of anilines is 1. The minimum absolute atomic E-state index is 0.157. The van der Waals surface area contributed by atoms with E-state index in [4.69, 9.17) is 5.11 Å². The first-order valence-corrected chi connectivity index (χ1v) is 5.13. The Morgan fingerprint density at radius 2 is 2.25 bits per heavy atom. The number of carboxylic acids is 1. The van der Waals surface area contributed by atoms with Crippen molar-refractivity contribution in [2.24, 2.45) is 0 Å². The van der Waals surface area contributed by atoms with Gasteiger partial charge in [-0.3, -0.25) is 9.59 Å². The molecular formula is C10H15N3O3. The van der Waals surface area contributed by atoms with E-state index >= 15 is 0 Å². The Hall–Kier alpha value is -1.85. The molecule has 0 amide bonds. The summed E-state index contributed by atoms with van der Waals surface area (Å²) in [5, 5.41) is 8.72. The Morgan fingerprint density at radius 3 is 2.75 bits per heavy atom. The quantitative estimate of drug-likeness (QED) is 0.749. The number of hydrogen-bond acceptors (Lipinski definition) is 4. The van der Waals surface area contributed by atoms with Gasteiger partial charge in [-0.05, 0) is 6.92 Å². The molecule has 0 unspecified atom stereocenters. The topological polar surface area (TPSA) is 86.3 Å². The van der Waals surface area contributed by atoms with E-state index in [9.17, 15) is 9.59 Å². The van der Waals surface area contributed by atoms with Gasteiger partial charge in [0.05, 0.1) is 0 Å². The maximum Gasteiger partial charge on any atom is 0.323 e. The van der Waals surface area contributed by atoms with E-state index in [-0.39, 0.29) is 12.1 Å². The molecule has 0 radical (unpaired) electrons. The molecule has 0 atom stereocenters. The summed E-state index contributed by atoms with van der Waals surface area (Å²) in [4.78, 5) is 30.2. The van der Waals surface area contributed by atoms with Gasteiger partial charge in [-0.2, -0.15) is 0 Å². The van der Waals surface area contributed by atoms with E-state index in [1.807, 2.05) is 13.8 Å². The van der Waals surface area contributed by atoms with E-state index in [0.29, 0.717) is 24.6 Å². The van der Waals surface area contributed by atoms with Crippen molar-refractivity contribution in [3.63, 3.8) is 0 Å². The number of rotatable bonds is 5. The summed E-state index contributed by atoms with van der Waals surface area (Å²) in [7, 11) is 0. The summed E-state index contributed by atoms with van der Waals surface area (Å²) >= 11 is 0. The lowest BCUT2D eigenvalue weighted by Gasteiger charge is -2.19. The van der Waals surface area contributed by atoms with Gasteiger partial charge in [0.1, 0.15) is 18.2 Å². The van der Waals surface area contributed by atoms with Crippen molar-refractivity contribution in [2.75, 3.05) is 18.0 Å². The van der Waals surface area contributed by atoms with Gasteiger partial charge in [0.15, 0.2) is 0 Å². The first-order chi connectivity index (χ1) is 7.56. The number of likely N-dealkylation sites (N-methyl/N-ethyl adjacent to an activating group) is 1. The number of aromatic amines is 1. The number of carboxylic acid groups (broad SMARTS) is 1. The predicted octanol–water partition coefficient (Wildman–Crippen LogP) is 0.243. The molecule has 16 heavy (non-hydrogen) atoms. The van der Waals surface area contributed by atoms with Gasteiger partial charge >= 0.3 is 5.97 Å². The molecule has 0 saturated carbocycles. The van der Waals surface area contributed by atoms with E-state index in [1.54, 1.807) is 0 Å². The average molecular weight is 225 g/mol. The highest BCUT2D eigenvalue weighted by molar-refractivity contribution is 5.73. The lowest BCUT2D eigenvalue weighted by atomic mass is 10.4. The van der Waals surface area contributed by atoms with Gasteiger partial charge in [0.2, 0.25) is 0 Å². The third-order valence-electron chi connectivity index (χ3n) is 2.14. The highest BCUT2D eigenvalue weighted by atomic mass is 16.4. The van der Waals surface area contributed by atoms with Crippen LogP contribution in [0.25, 0.3) is 0 Å². The molecular weight excluding hydrogens is 210 g/mol. The van der Waals surface area contributed by atoms with Crippen molar-refractivity contribution >= 4 is 11.8 Å². The number of aromatic nitrogens is 2. The normalized spacial score (nSPS) is 10.1. The van der Waals surface area contributed by atoms with Gasteiger partial charge < -0.3 is 15.0 Å². The van der Waals surface area contributed by atoms with Crippen molar-refractivity contribution in [1.29, 1.82) is 0 Å². The zero-order chi connectivity index (χ0) is 12.1. The summed E-state index contributed by atoms with van der Waals surface area (Å²) in [5.74, 6) is 0.0267. The fourth-order valence-corrected chi connectivity index (χ4v) is 1.34. The van der Waals surface area contributed by atoms with Crippen molar-refractivity contribution in [2.45, 2.75) is 20.3 Å². The summed E-state index contributed by atoms with van der Waals surface area (Å²) in [6.45, 7) is 4.02. The van der Waals surface area contributed by atoms with Crippen LogP contribution in [0.1, 0.15) is 19.7 Å². The van der Waals surface area contributed by atoms with Gasteiger partial charge in [-0.1, -0.05) is 6.92 Å². The Morgan fingerprint density at radius 1 is 1.56 bits per heavy atom. The van der Waals surface area contributed by atoms with Crippen LogP contribution in [0.3, 0.4) is 0 Å². The second-order valence-electron chi connectivity index (χ2n) is 3.31. The largest absolute Gasteiger partial charge is 0.480 e. The number of hydrogen-bond donors (Lipinski definition) is 2. The summed E-state index contributed by atoms with van der Waals surface area (Å²) in [5.41, 5.74) is -0.259.